The molecule has 0 aromatic heterocycles. The molecule has 110 valence electrons. The molecule has 1 amide bonds. The van der Waals surface area contributed by atoms with E-state index in [2.05, 4.69) is 10.0 Å². The van der Waals surface area contributed by atoms with E-state index in [9.17, 15) is 23.3 Å². The lowest BCUT2D eigenvalue weighted by Crippen LogP contribution is -2.34. The number of amides is 1. The molecule has 1 rings (SSSR count). The number of carbonyl (C=O) groups excluding carboxylic acids is 1. The molecule has 0 bridgehead atoms. The molecule has 0 spiro atoms. The maximum atomic E-state index is 12.0. The van der Waals surface area contributed by atoms with Crippen molar-refractivity contribution in [1.29, 1.82) is 0 Å². The smallest absolute Gasteiger partial charge is 0.273 e. The van der Waals surface area contributed by atoms with Gasteiger partial charge in [-0.3, -0.25) is 14.9 Å². The van der Waals surface area contributed by atoms with E-state index < -0.39 is 14.9 Å². The van der Waals surface area contributed by atoms with Crippen LogP contribution in [0.1, 0.15) is 12.5 Å². The van der Waals surface area contributed by atoms with Crippen LogP contribution in [0.4, 0.5) is 5.69 Å². The van der Waals surface area contributed by atoms with Crippen LogP contribution >= 0.6 is 0 Å². The Bertz CT molecular complexity index is 627. The van der Waals surface area contributed by atoms with Gasteiger partial charge in [0.2, 0.25) is 15.9 Å². The minimum absolute atomic E-state index is 0.00401. The number of rotatable bonds is 6. The van der Waals surface area contributed by atoms with Gasteiger partial charge in [-0.2, -0.15) is 0 Å². The van der Waals surface area contributed by atoms with E-state index in [-0.39, 0.29) is 35.1 Å². The van der Waals surface area contributed by atoms with Crippen molar-refractivity contribution in [2.75, 3.05) is 13.1 Å². The first-order valence-corrected chi connectivity index (χ1v) is 7.22. The summed E-state index contributed by atoms with van der Waals surface area (Å²) in [6.45, 7) is 2.84. The molecule has 0 saturated carbocycles. The van der Waals surface area contributed by atoms with Crippen molar-refractivity contribution in [1.82, 2.24) is 10.0 Å². The summed E-state index contributed by atoms with van der Waals surface area (Å²) in [6.07, 6.45) is 0. The van der Waals surface area contributed by atoms with Gasteiger partial charge in [0.15, 0.2) is 0 Å². The fourth-order valence-electron chi connectivity index (χ4n) is 1.59. The Hall–Kier alpha value is -2.00. The summed E-state index contributed by atoms with van der Waals surface area (Å²) in [5.74, 6) is -0.268. The van der Waals surface area contributed by atoms with E-state index in [1.165, 1.54) is 32.0 Å². The number of hydrogen-bond acceptors (Lipinski definition) is 5. The maximum absolute atomic E-state index is 12.0. The number of hydrogen-bond donors (Lipinski definition) is 2. The first-order valence-electron chi connectivity index (χ1n) is 5.74. The zero-order chi connectivity index (χ0) is 15.3. The predicted molar refractivity (Wildman–Crippen MR) is 71.7 cm³/mol. The topological polar surface area (TPSA) is 118 Å². The van der Waals surface area contributed by atoms with Crippen molar-refractivity contribution < 1.29 is 18.1 Å². The second kappa shape index (κ2) is 6.44. The quantitative estimate of drug-likeness (QED) is 0.445. The van der Waals surface area contributed by atoms with Gasteiger partial charge in [0.25, 0.3) is 5.69 Å². The second-order valence-electron chi connectivity index (χ2n) is 4.04. The van der Waals surface area contributed by atoms with Crippen LogP contribution in [0.2, 0.25) is 0 Å². The van der Waals surface area contributed by atoms with Crippen molar-refractivity contribution in [3.8, 4) is 0 Å². The molecule has 0 fully saturated rings. The van der Waals surface area contributed by atoms with Crippen LogP contribution in [0.25, 0.3) is 0 Å². The number of sulfonamides is 1. The average Bonchev–Trinajstić information content (AvgIpc) is 2.34. The SMILES string of the molecule is CC(=O)NCCNS(=O)(=O)c1cccc([N+](=O)[O-])c1C. The summed E-state index contributed by atoms with van der Waals surface area (Å²) in [4.78, 5) is 20.7. The number of nitrogens with zero attached hydrogens (tertiary/aromatic N) is 1. The fraction of sp³-hybridized carbons (Fsp3) is 0.364. The van der Waals surface area contributed by atoms with Crippen LogP contribution in [0, 0.1) is 17.0 Å². The van der Waals surface area contributed by atoms with Gasteiger partial charge < -0.3 is 5.32 Å². The molecule has 0 aliphatic rings. The van der Waals surface area contributed by atoms with Crippen LogP contribution in [-0.4, -0.2) is 32.3 Å². The van der Waals surface area contributed by atoms with Crippen molar-refractivity contribution in [3.05, 3.63) is 33.9 Å². The summed E-state index contributed by atoms with van der Waals surface area (Å²) < 4.78 is 26.3. The summed E-state index contributed by atoms with van der Waals surface area (Å²) in [5.41, 5.74) is -0.181. The van der Waals surface area contributed by atoms with Gasteiger partial charge in [-0.05, 0) is 13.0 Å². The Kier molecular flexibility index (Phi) is 5.17. The monoisotopic (exact) mass is 301 g/mol. The van der Waals surface area contributed by atoms with Crippen LogP contribution in [0.5, 0.6) is 0 Å². The highest BCUT2D eigenvalue weighted by atomic mass is 32.2. The molecule has 0 radical (unpaired) electrons. The molecule has 0 unspecified atom stereocenters. The van der Waals surface area contributed by atoms with E-state index in [1.54, 1.807) is 0 Å². The van der Waals surface area contributed by atoms with Gasteiger partial charge in [0.1, 0.15) is 0 Å². The molecule has 8 nitrogen and oxygen atoms in total. The number of benzene rings is 1. The lowest BCUT2D eigenvalue weighted by atomic mass is 10.2. The molecular weight excluding hydrogens is 286 g/mol. The first-order chi connectivity index (χ1) is 9.25. The van der Waals surface area contributed by atoms with Gasteiger partial charge in [-0.15, -0.1) is 0 Å². The normalized spacial score (nSPS) is 11.1. The predicted octanol–water partition coefficient (Wildman–Crippen LogP) is 0.318. The lowest BCUT2D eigenvalue weighted by molar-refractivity contribution is -0.385. The molecule has 2 N–H and O–H groups in total. The number of nitro groups is 1. The van der Waals surface area contributed by atoms with E-state index in [1.807, 2.05) is 0 Å². The summed E-state index contributed by atoms with van der Waals surface area (Å²) >= 11 is 0. The molecule has 0 aliphatic heterocycles. The Morgan fingerprint density at radius 1 is 1.35 bits per heavy atom. The van der Waals surface area contributed by atoms with Gasteiger partial charge in [-0.25, -0.2) is 13.1 Å². The maximum Gasteiger partial charge on any atom is 0.273 e. The Balaban J connectivity index is 2.90. The minimum Gasteiger partial charge on any atom is -0.355 e. The highest BCUT2D eigenvalue weighted by Gasteiger charge is 2.22. The largest absolute Gasteiger partial charge is 0.355 e. The number of nitrogens with one attached hydrogen (secondary N) is 2. The molecule has 1 aromatic rings. The standard InChI is InChI=1S/C11H15N3O5S/c1-8-10(14(16)17)4-3-5-11(8)20(18,19)13-7-6-12-9(2)15/h3-5,13H,6-7H2,1-2H3,(H,12,15). The average molecular weight is 301 g/mol. The number of nitro benzene ring substituents is 1. The summed E-state index contributed by atoms with van der Waals surface area (Å²) in [5, 5.41) is 13.2. The van der Waals surface area contributed by atoms with Crippen molar-refractivity contribution in [2.24, 2.45) is 0 Å². The molecule has 9 heteroatoms. The van der Waals surface area contributed by atoms with Gasteiger partial charge in [0, 0.05) is 31.6 Å². The molecule has 1 aromatic carbocycles. The van der Waals surface area contributed by atoms with Crippen LogP contribution in [0.15, 0.2) is 23.1 Å². The van der Waals surface area contributed by atoms with E-state index in [4.69, 9.17) is 0 Å². The summed E-state index contributed by atoms with van der Waals surface area (Å²) in [7, 11) is -3.85. The Morgan fingerprint density at radius 2 is 2.00 bits per heavy atom. The second-order valence-corrected chi connectivity index (χ2v) is 5.77. The minimum atomic E-state index is -3.85. The first kappa shape index (κ1) is 16.1. The van der Waals surface area contributed by atoms with Crippen molar-refractivity contribution in [3.63, 3.8) is 0 Å². The molecule has 0 aliphatic carbocycles. The van der Waals surface area contributed by atoms with Gasteiger partial charge >= 0.3 is 0 Å². The third kappa shape index (κ3) is 4.00. The van der Waals surface area contributed by atoms with Crippen molar-refractivity contribution >= 4 is 21.6 Å². The molecule has 0 atom stereocenters. The summed E-state index contributed by atoms with van der Waals surface area (Å²) in [6, 6.07) is 3.85. The van der Waals surface area contributed by atoms with Crippen LogP contribution in [-0.2, 0) is 14.8 Å². The van der Waals surface area contributed by atoms with Gasteiger partial charge in [-0.1, -0.05) is 6.07 Å². The molecular formula is C11H15N3O5S. The van der Waals surface area contributed by atoms with Crippen molar-refractivity contribution in [2.45, 2.75) is 18.7 Å². The van der Waals surface area contributed by atoms with E-state index in [0.717, 1.165) is 0 Å². The lowest BCUT2D eigenvalue weighted by Gasteiger charge is -2.09. The van der Waals surface area contributed by atoms with E-state index >= 15 is 0 Å². The fourth-order valence-corrected chi connectivity index (χ4v) is 2.89. The third-order valence-corrected chi connectivity index (χ3v) is 4.14. The van der Waals surface area contributed by atoms with Gasteiger partial charge in [0.05, 0.1) is 9.82 Å². The van der Waals surface area contributed by atoms with E-state index in [0.29, 0.717) is 0 Å². The zero-order valence-electron chi connectivity index (χ0n) is 11.0. The Labute approximate surface area is 116 Å². The zero-order valence-corrected chi connectivity index (χ0v) is 11.9. The Morgan fingerprint density at radius 3 is 2.55 bits per heavy atom. The third-order valence-electron chi connectivity index (χ3n) is 2.53. The highest BCUT2D eigenvalue weighted by Crippen LogP contribution is 2.24. The van der Waals surface area contributed by atoms with Crippen LogP contribution < -0.4 is 10.0 Å². The highest BCUT2D eigenvalue weighted by molar-refractivity contribution is 7.89. The van der Waals surface area contributed by atoms with Crippen LogP contribution in [0.3, 0.4) is 0 Å². The number of carbonyl (C=O) groups is 1. The molecule has 0 heterocycles. The molecule has 20 heavy (non-hydrogen) atoms. The molecule has 0 saturated heterocycles.